The molecule has 1 N–H and O–H groups in total. The lowest BCUT2D eigenvalue weighted by molar-refractivity contribution is -0.121. The number of carboxylic acids is 1. The fourth-order valence-corrected chi connectivity index (χ4v) is 2.90. The first-order valence-corrected chi connectivity index (χ1v) is 6.86. The highest BCUT2D eigenvalue weighted by Gasteiger charge is 2.26. The minimum Gasteiger partial charge on any atom is -0.482 e. The van der Waals surface area contributed by atoms with E-state index in [9.17, 15) is 9.59 Å². The zero-order chi connectivity index (χ0) is 14.1. The van der Waals surface area contributed by atoms with E-state index in [1.807, 2.05) is 12.1 Å². The Morgan fingerprint density at radius 2 is 2.15 bits per heavy atom. The predicted molar refractivity (Wildman–Crippen MR) is 74.4 cm³/mol. The molecule has 1 aromatic heterocycles. The number of anilines is 1. The summed E-state index contributed by atoms with van der Waals surface area (Å²) in [5.74, 6) is -0.505. The molecule has 0 spiro atoms. The first-order valence-electron chi connectivity index (χ1n) is 5.98. The Hall–Kier alpha value is -2.34. The molecule has 3 rings (SSSR count). The highest BCUT2D eigenvalue weighted by Crippen LogP contribution is 2.33. The number of amides is 1. The summed E-state index contributed by atoms with van der Waals surface area (Å²) >= 11 is 1.16. The summed E-state index contributed by atoms with van der Waals surface area (Å²) in [6, 6.07) is 8.97. The smallest absolute Gasteiger partial charge is 0.346 e. The molecule has 0 atom stereocenters. The van der Waals surface area contributed by atoms with Crippen molar-refractivity contribution in [1.82, 2.24) is 0 Å². The van der Waals surface area contributed by atoms with Crippen LogP contribution in [0, 0.1) is 0 Å². The van der Waals surface area contributed by atoms with Gasteiger partial charge in [0.15, 0.2) is 6.61 Å². The average molecular weight is 289 g/mol. The lowest BCUT2D eigenvalue weighted by Gasteiger charge is -2.29. The molecule has 1 aliphatic heterocycles. The Kier molecular flexibility index (Phi) is 3.15. The van der Waals surface area contributed by atoms with Crippen molar-refractivity contribution in [2.45, 2.75) is 6.54 Å². The molecule has 2 heterocycles. The Balaban J connectivity index is 1.96. The summed E-state index contributed by atoms with van der Waals surface area (Å²) in [4.78, 5) is 25.0. The van der Waals surface area contributed by atoms with Gasteiger partial charge in [0.1, 0.15) is 10.6 Å². The number of nitrogens with zero attached hydrogens (tertiary/aromatic N) is 1. The Labute approximate surface area is 119 Å². The largest absolute Gasteiger partial charge is 0.482 e. The van der Waals surface area contributed by atoms with Crippen LogP contribution in [0.5, 0.6) is 5.75 Å². The fraction of sp³-hybridized carbons (Fsp3) is 0.143. The third-order valence-electron chi connectivity index (χ3n) is 3.08. The van der Waals surface area contributed by atoms with Crippen molar-refractivity contribution in [3.8, 4) is 5.75 Å². The molecule has 102 valence electrons. The van der Waals surface area contributed by atoms with Crippen LogP contribution in [-0.2, 0) is 11.3 Å². The standard InChI is InChI=1S/C14H11NO4S/c16-12-8-19-11-4-2-1-3-10(11)15(12)7-9-5-6-20-13(9)14(17)18/h1-6H,7-8H2,(H,17,18). The summed E-state index contributed by atoms with van der Waals surface area (Å²) < 4.78 is 5.36. The van der Waals surface area contributed by atoms with Gasteiger partial charge in [0.05, 0.1) is 12.2 Å². The van der Waals surface area contributed by atoms with Crippen LogP contribution in [0.15, 0.2) is 35.7 Å². The van der Waals surface area contributed by atoms with Crippen molar-refractivity contribution in [3.63, 3.8) is 0 Å². The van der Waals surface area contributed by atoms with Gasteiger partial charge in [-0.1, -0.05) is 12.1 Å². The summed E-state index contributed by atoms with van der Waals surface area (Å²) in [6.07, 6.45) is 0. The molecular weight excluding hydrogens is 278 g/mol. The average Bonchev–Trinajstić information content (AvgIpc) is 2.90. The Morgan fingerprint density at radius 3 is 2.95 bits per heavy atom. The molecule has 1 aliphatic rings. The topological polar surface area (TPSA) is 66.8 Å². The van der Waals surface area contributed by atoms with E-state index in [2.05, 4.69) is 0 Å². The van der Waals surface area contributed by atoms with E-state index >= 15 is 0 Å². The van der Waals surface area contributed by atoms with E-state index in [-0.39, 0.29) is 23.9 Å². The van der Waals surface area contributed by atoms with Crippen LogP contribution < -0.4 is 9.64 Å². The second-order valence-corrected chi connectivity index (χ2v) is 5.23. The lowest BCUT2D eigenvalue weighted by Crippen LogP contribution is -2.38. The first-order chi connectivity index (χ1) is 9.66. The molecule has 0 bridgehead atoms. The quantitative estimate of drug-likeness (QED) is 0.942. The molecule has 1 amide bonds. The van der Waals surface area contributed by atoms with E-state index in [0.717, 1.165) is 11.3 Å². The SMILES string of the molecule is O=C(O)c1sccc1CN1C(=O)COc2ccccc21. The number of aromatic carboxylic acids is 1. The van der Waals surface area contributed by atoms with E-state index in [1.54, 1.807) is 28.5 Å². The number of hydrogen-bond acceptors (Lipinski definition) is 4. The van der Waals surface area contributed by atoms with Crippen molar-refractivity contribution in [1.29, 1.82) is 0 Å². The summed E-state index contributed by atoms with van der Waals surface area (Å²) in [6.45, 7) is 0.216. The van der Waals surface area contributed by atoms with Gasteiger partial charge in [0.25, 0.3) is 5.91 Å². The number of ether oxygens (including phenoxy) is 1. The van der Waals surface area contributed by atoms with Gasteiger partial charge in [-0.3, -0.25) is 4.79 Å². The first kappa shape index (κ1) is 12.7. The third kappa shape index (κ3) is 2.14. The van der Waals surface area contributed by atoms with Crippen LogP contribution in [0.4, 0.5) is 5.69 Å². The summed E-state index contributed by atoms with van der Waals surface area (Å²) in [5, 5.41) is 10.8. The van der Waals surface area contributed by atoms with Gasteiger partial charge < -0.3 is 14.7 Å². The molecule has 0 saturated carbocycles. The fourth-order valence-electron chi connectivity index (χ4n) is 2.15. The molecule has 2 aromatic rings. The zero-order valence-corrected chi connectivity index (χ0v) is 11.2. The van der Waals surface area contributed by atoms with Crippen LogP contribution in [0.2, 0.25) is 0 Å². The monoisotopic (exact) mass is 289 g/mol. The number of thiophene rings is 1. The van der Waals surface area contributed by atoms with Crippen molar-refractivity contribution in [2.24, 2.45) is 0 Å². The molecule has 0 saturated heterocycles. The number of rotatable bonds is 3. The Morgan fingerprint density at radius 1 is 1.35 bits per heavy atom. The second kappa shape index (κ2) is 4.97. The Bertz CT molecular complexity index is 679. The molecule has 1 aromatic carbocycles. The van der Waals surface area contributed by atoms with Crippen LogP contribution in [-0.4, -0.2) is 23.6 Å². The van der Waals surface area contributed by atoms with Crippen molar-refractivity contribution < 1.29 is 19.4 Å². The van der Waals surface area contributed by atoms with Gasteiger partial charge in [-0.25, -0.2) is 4.79 Å². The van der Waals surface area contributed by atoms with Crippen molar-refractivity contribution in [2.75, 3.05) is 11.5 Å². The van der Waals surface area contributed by atoms with Gasteiger partial charge in [0.2, 0.25) is 0 Å². The van der Waals surface area contributed by atoms with Gasteiger partial charge >= 0.3 is 5.97 Å². The number of carbonyl (C=O) groups is 2. The number of hydrogen-bond donors (Lipinski definition) is 1. The predicted octanol–water partition coefficient (Wildman–Crippen LogP) is 2.37. The maximum Gasteiger partial charge on any atom is 0.346 e. The van der Waals surface area contributed by atoms with E-state index in [1.165, 1.54) is 0 Å². The number of carbonyl (C=O) groups excluding carboxylic acids is 1. The van der Waals surface area contributed by atoms with Gasteiger partial charge in [-0.15, -0.1) is 11.3 Å². The molecule has 0 aliphatic carbocycles. The number of carboxylic acid groups (broad SMARTS) is 1. The minimum absolute atomic E-state index is 0.0243. The zero-order valence-electron chi connectivity index (χ0n) is 10.4. The number of fused-ring (bicyclic) bond motifs is 1. The molecule has 0 radical (unpaired) electrons. The molecule has 0 fully saturated rings. The normalized spacial score (nSPS) is 13.8. The summed E-state index contributed by atoms with van der Waals surface area (Å²) in [5.41, 5.74) is 1.30. The molecule has 0 unspecified atom stereocenters. The van der Waals surface area contributed by atoms with E-state index < -0.39 is 5.97 Å². The van der Waals surface area contributed by atoms with Gasteiger partial charge in [0, 0.05) is 0 Å². The van der Waals surface area contributed by atoms with Crippen LogP contribution in [0.3, 0.4) is 0 Å². The van der Waals surface area contributed by atoms with E-state index in [0.29, 0.717) is 17.0 Å². The highest BCUT2D eigenvalue weighted by atomic mass is 32.1. The summed E-state index contributed by atoms with van der Waals surface area (Å²) in [7, 11) is 0. The van der Waals surface area contributed by atoms with Crippen LogP contribution in [0.1, 0.15) is 15.2 Å². The number of benzene rings is 1. The molecular formula is C14H11NO4S. The van der Waals surface area contributed by atoms with Crippen LogP contribution >= 0.6 is 11.3 Å². The molecule has 20 heavy (non-hydrogen) atoms. The van der Waals surface area contributed by atoms with E-state index in [4.69, 9.17) is 9.84 Å². The maximum absolute atomic E-state index is 12.0. The van der Waals surface area contributed by atoms with Crippen LogP contribution in [0.25, 0.3) is 0 Å². The number of para-hydroxylation sites is 2. The highest BCUT2D eigenvalue weighted by molar-refractivity contribution is 7.12. The third-order valence-corrected chi connectivity index (χ3v) is 4.02. The maximum atomic E-state index is 12.0. The molecule has 6 heteroatoms. The van der Waals surface area contributed by atoms with Crippen molar-refractivity contribution >= 4 is 28.9 Å². The molecule has 5 nitrogen and oxygen atoms in total. The van der Waals surface area contributed by atoms with Crippen molar-refractivity contribution in [3.05, 3.63) is 46.2 Å². The van der Waals surface area contributed by atoms with Gasteiger partial charge in [-0.05, 0) is 29.1 Å². The second-order valence-electron chi connectivity index (χ2n) is 4.32. The lowest BCUT2D eigenvalue weighted by atomic mass is 10.2. The van der Waals surface area contributed by atoms with Gasteiger partial charge in [-0.2, -0.15) is 0 Å². The minimum atomic E-state index is -0.969.